The maximum Gasteiger partial charge on any atom is 0.236 e. The predicted molar refractivity (Wildman–Crippen MR) is 78.5 cm³/mol. The highest BCUT2D eigenvalue weighted by atomic mass is 16.4. The number of oxime groups is 1. The zero-order chi connectivity index (χ0) is 14.6. The number of nitrogens with two attached hydrogens (primary N) is 1. The molecule has 3 N–H and O–H groups in total. The number of carbonyl (C=O) groups excluding carboxylic acids is 1. The molecule has 2 aliphatic carbocycles. The van der Waals surface area contributed by atoms with Crippen LogP contribution >= 0.6 is 0 Å². The van der Waals surface area contributed by atoms with Crippen LogP contribution < -0.4 is 5.73 Å². The molecule has 2 aliphatic rings. The van der Waals surface area contributed by atoms with Gasteiger partial charge in [-0.2, -0.15) is 0 Å². The van der Waals surface area contributed by atoms with Crippen molar-refractivity contribution in [2.24, 2.45) is 22.2 Å². The van der Waals surface area contributed by atoms with Crippen molar-refractivity contribution in [2.75, 3.05) is 13.6 Å². The number of rotatable bonds is 4. The van der Waals surface area contributed by atoms with Gasteiger partial charge >= 0.3 is 0 Å². The van der Waals surface area contributed by atoms with Crippen LogP contribution in [0.15, 0.2) is 5.16 Å². The number of hydrogen-bond acceptors (Lipinski definition) is 3. The lowest BCUT2D eigenvalue weighted by atomic mass is 9.82. The minimum absolute atomic E-state index is 0.0378. The van der Waals surface area contributed by atoms with E-state index in [1.807, 2.05) is 11.9 Å². The Morgan fingerprint density at radius 3 is 2.40 bits per heavy atom. The lowest BCUT2D eigenvalue weighted by Crippen LogP contribution is -2.49. The topological polar surface area (TPSA) is 78.9 Å². The van der Waals surface area contributed by atoms with Crippen molar-refractivity contribution in [3.63, 3.8) is 0 Å². The molecule has 5 heteroatoms. The number of nitrogens with zero attached hydrogens (tertiary/aromatic N) is 2. The third-order valence-electron chi connectivity index (χ3n) is 5.07. The Bertz CT molecular complexity index is 369. The van der Waals surface area contributed by atoms with Gasteiger partial charge in [-0.1, -0.05) is 37.3 Å². The molecule has 5 nitrogen and oxygen atoms in total. The monoisotopic (exact) mass is 281 g/mol. The van der Waals surface area contributed by atoms with Crippen LogP contribution in [0.5, 0.6) is 0 Å². The molecular weight excluding hydrogens is 254 g/mol. The molecule has 0 bridgehead atoms. The molecule has 20 heavy (non-hydrogen) atoms. The van der Waals surface area contributed by atoms with Gasteiger partial charge in [0.1, 0.15) is 5.41 Å². The summed E-state index contributed by atoms with van der Waals surface area (Å²) in [6.45, 7) is 0.805. The molecule has 1 amide bonds. The first kappa shape index (κ1) is 15.1. The minimum Gasteiger partial charge on any atom is -0.409 e. The van der Waals surface area contributed by atoms with Crippen LogP contribution in [0.25, 0.3) is 0 Å². The zero-order valence-electron chi connectivity index (χ0n) is 12.5. The summed E-state index contributed by atoms with van der Waals surface area (Å²) < 4.78 is 0. The second-order valence-electron chi connectivity index (χ2n) is 6.46. The van der Waals surface area contributed by atoms with Gasteiger partial charge in [-0.15, -0.1) is 0 Å². The van der Waals surface area contributed by atoms with Gasteiger partial charge in [-0.3, -0.25) is 4.79 Å². The van der Waals surface area contributed by atoms with E-state index in [2.05, 4.69) is 5.16 Å². The lowest BCUT2D eigenvalue weighted by Gasteiger charge is -2.34. The molecule has 114 valence electrons. The fourth-order valence-electron chi connectivity index (χ4n) is 3.86. The number of hydrogen-bond donors (Lipinski definition) is 2. The Hall–Kier alpha value is -1.26. The van der Waals surface area contributed by atoms with Crippen LogP contribution in [0.3, 0.4) is 0 Å². The van der Waals surface area contributed by atoms with E-state index in [9.17, 15) is 4.79 Å². The zero-order valence-corrected chi connectivity index (χ0v) is 12.5. The van der Waals surface area contributed by atoms with Gasteiger partial charge < -0.3 is 15.8 Å². The minimum atomic E-state index is -0.752. The highest BCUT2D eigenvalue weighted by molar-refractivity contribution is 6.06. The molecule has 0 unspecified atom stereocenters. The van der Waals surface area contributed by atoms with Crippen molar-refractivity contribution in [2.45, 2.75) is 57.8 Å². The van der Waals surface area contributed by atoms with Crippen molar-refractivity contribution in [3.8, 4) is 0 Å². The first-order chi connectivity index (χ1) is 9.60. The number of amidine groups is 1. The van der Waals surface area contributed by atoms with Crippen LogP contribution in [-0.2, 0) is 4.79 Å². The summed E-state index contributed by atoms with van der Waals surface area (Å²) in [5.74, 6) is 0.745. The summed E-state index contributed by atoms with van der Waals surface area (Å²) >= 11 is 0. The average molecular weight is 281 g/mol. The average Bonchev–Trinajstić information content (AvgIpc) is 2.97. The van der Waals surface area contributed by atoms with Crippen molar-refractivity contribution < 1.29 is 10.0 Å². The fraction of sp³-hybridized carbons (Fsp3) is 0.867. The van der Waals surface area contributed by atoms with Gasteiger partial charge in [-0.05, 0) is 31.6 Å². The highest BCUT2D eigenvalue weighted by Crippen LogP contribution is 2.40. The number of carbonyl (C=O) groups is 1. The van der Waals surface area contributed by atoms with Crippen LogP contribution in [0, 0.1) is 11.3 Å². The van der Waals surface area contributed by atoms with Crippen molar-refractivity contribution >= 4 is 11.7 Å². The smallest absolute Gasteiger partial charge is 0.236 e. The molecule has 2 rings (SSSR count). The Kier molecular flexibility index (Phi) is 4.89. The summed E-state index contributed by atoms with van der Waals surface area (Å²) in [4.78, 5) is 14.6. The summed E-state index contributed by atoms with van der Waals surface area (Å²) in [5, 5.41) is 12.1. The van der Waals surface area contributed by atoms with E-state index in [4.69, 9.17) is 10.9 Å². The fourth-order valence-corrected chi connectivity index (χ4v) is 3.86. The van der Waals surface area contributed by atoms with E-state index in [-0.39, 0.29) is 11.7 Å². The first-order valence-corrected chi connectivity index (χ1v) is 7.84. The highest BCUT2D eigenvalue weighted by Gasteiger charge is 2.47. The van der Waals surface area contributed by atoms with Crippen molar-refractivity contribution in [1.29, 1.82) is 0 Å². The molecular formula is C15H27N3O2. The van der Waals surface area contributed by atoms with E-state index in [0.29, 0.717) is 18.8 Å². The van der Waals surface area contributed by atoms with Crippen molar-refractivity contribution in [1.82, 2.24) is 4.90 Å². The molecule has 0 heterocycles. The third-order valence-corrected chi connectivity index (χ3v) is 5.07. The predicted octanol–water partition coefficient (Wildman–Crippen LogP) is 2.33. The van der Waals surface area contributed by atoms with E-state index in [1.165, 1.54) is 32.1 Å². The molecule has 2 saturated carbocycles. The van der Waals surface area contributed by atoms with Crippen LogP contribution in [0.2, 0.25) is 0 Å². The summed E-state index contributed by atoms with van der Waals surface area (Å²) in [6.07, 6.45) is 9.66. The van der Waals surface area contributed by atoms with Gasteiger partial charge in [-0.25, -0.2) is 0 Å². The summed E-state index contributed by atoms with van der Waals surface area (Å²) in [7, 11) is 1.86. The van der Waals surface area contributed by atoms with Gasteiger partial charge in [0, 0.05) is 13.6 Å². The number of amides is 1. The Balaban J connectivity index is 2.03. The maximum absolute atomic E-state index is 12.8. The van der Waals surface area contributed by atoms with Crippen molar-refractivity contribution in [3.05, 3.63) is 0 Å². The van der Waals surface area contributed by atoms with Crippen LogP contribution in [-0.4, -0.2) is 35.4 Å². The second-order valence-corrected chi connectivity index (χ2v) is 6.46. The van der Waals surface area contributed by atoms with Gasteiger partial charge in [0.2, 0.25) is 5.91 Å². The lowest BCUT2D eigenvalue weighted by molar-refractivity contribution is -0.137. The molecule has 2 fully saturated rings. The molecule has 0 radical (unpaired) electrons. The van der Waals surface area contributed by atoms with E-state index < -0.39 is 5.41 Å². The molecule has 0 aliphatic heterocycles. The normalized spacial score (nSPS) is 23.8. The molecule has 0 aromatic carbocycles. The second kappa shape index (κ2) is 6.46. The summed E-state index contributed by atoms with van der Waals surface area (Å²) in [5.41, 5.74) is 5.09. The molecule has 0 saturated heterocycles. The van der Waals surface area contributed by atoms with Gasteiger partial charge in [0.05, 0.1) is 0 Å². The standard InChI is InChI=1S/C15H27N3O2/c1-18(11-12-7-3-2-4-8-12)14(19)15(13(16)17-20)9-5-6-10-15/h12,20H,2-11H2,1H3,(H2,16,17). The molecule has 0 aromatic heterocycles. The molecule has 0 aromatic rings. The largest absolute Gasteiger partial charge is 0.409 e. The molecule has 0 spiro atoms. The van der Waals surface area contributed by atoms with Crippen LogP contribution in [0.4, 0.5) is 0 Å². The SMILES string of the molecule is CN(CC1CCCCC1)C(=O)C1(C(N)=NO)CCCC1. The Morgan fingerprint density at radius 2 is 1.85 bits per heavy atom. The maximum atomic E-state index is 12.8. The first-order valence-electron chi connectivity index (χ1n) is 7.84. The quantitative estimate of drug-likeness (QED) is 0.359. The van der Waals surface area contributed by atoms with E-state index in [0.717, 1.165) is 19.4 Å². The van der Waals surface area contributed by atoms with E-state index in [1.54, 1.807) is 0 Å². The van der Waals surface area contributed by atoms with Gasteiger partial charge in [0.25, 0.3) is 0 Å². The summed E-state index contributed by atoms with van der Waals surface area (Å²) in [6, 6.07) is 0. The van der Waals surface area contributed by atoms with Crippen LogP contribution in [0.1, 0.15) is 57.8 Å². The molecule has 0 atom stereocenters. The van der Waals surface area contributed by atoms with E-state index >= 15 is 0 Å². The third kappa shape index (κ3) is 2.91. The Labute approximate surface area is 121 Å². The van der Waals surface area contributed by atoms with Gasteiger partial charge in [0.15, 0.2) is 5.84 Å². The Morgan fingerprint density at radius 1 is 1.25 bits per heavy atom.